The Hall–Kier alpha value is -2.30. The quantitative estimate of drug-likeness (QED) is 0.830. The van der Waals surface area contributed by atoms with Crippen molar-refractivity contribution in [3.05, 3.63) is 30.0 Å². The molecule has 2 rings (SSSR count). The van der Waals surface area contributed by atoms with E-state index in [-0.39, 0.29) is 24.5 Å². The standard InChI is InChI=1S/C16H19NO4/c1-10(8-15(19)20)7-13(18)11-9-17(2)12-5-4-6-14(21-3)16(11)12/h4-6,9-10H,7-8H2,1-3H3,(H,19,20). The molecular weight excluding hydrogens is 270 g/mol. The van der Waals surface area contributed by atoms with Crippen LogP contribution in [0, 0.1) is 5.92 Å². The van der Waals surface area contributed by atoms with Crippen LogP contribution < -0.4 is 4.74 Å². The number of hydrogen-bond acceptors (Lipinski definition) is 3. The number of aromatic nitrogens is 1. The van der Waals surface area contributed by atoms with Crippen LogP contribution in [0.15, 0.2) is 24.4 Å². The van der Waals surface area contributed by atoms with Crippen LogP contribution in [0.4, 0.5) is 0 Å². The van der Waals surface area contributed by atoms with Crippen LogP contribution in [0.2, 0.25) is 0 Å². The Labute approximate surface area is 123 Å². The van der Waals surface area contributed by atoms with E-state index in [4.69, 9.17) is 9.84 Å². The molecule has 5 heteroatoms. The lowest BCUT2D eigenvalue weighted by atomic mass is 9.97. The number of carboxylic acid groups (broad SMARTS) is 1. The fraction of sp³-hybridized carbons (Fsp3) is 0.375. The van der Waals surface area contributed by atoms with Crippen molar-refractivity contribution in [3.63, 3.8) is 0 Å². The monoisotopic (exact) mass is 289 g/mol. The average Bonchev–Trinajstić information content (AvgIpc) is 2.75. The second-order valence-electron chi connectivity index (χ2n) is 5.34. The van der Waals surface area contributed by atoms with Crippen molar-refractivity contribution >= 4 is 22.7 Å². The Bertz CT molecular complexity index is 687. The predicted molar refractivity (Wildman–Crippen MR) is 79.8 cm³/mol. The molecule has 0 saturated carbocycles. The van der Waals surface area contributed by atoms with Gasteiger partial charge in [-0.2, -0.15) is 0 Å². The summed E-state index contributed by atoms with van der Waals surface area (Å²) < 4.78 is 7.22. The molecule has 112 valence electrons. The minimum atomic E-state index is -0.884. The first-order valence-electron chi connectivity index (χ1n) is 6.81. The first-order chi connectivity index (χ1) is 9.93. The number of carboxylic acids is 1. The van der Waals surface area contributed by atoms with Gasteiger partial charge in [0.1, 0.15) is 5.75 Å². The van der Waals surface area contributed by atoms with Gasteiger partial charge in [0.15, 0.2) is 5.78 Å². The summed E-state index contributed by atoms with van der Waals surface area (Å²) in [4.78, 5) is 23.2. The third kappa shape index (κ3) is 3.07. The highest BCUT2D eigenvalue weighted by atomic mass is 16.5. The Kier molecular flexibility index (Phi) is 4.31. The zero-order chi connectivity index (χ0) is 15.6. The van der Waals surface area contributed by atoms with Crippen molar-refractivity contribution in [2.24, 2.45) is 13.0 Å². The molecule has 1 aromatic heterocycles. The molecule has 0 saturated heterocycles. The molecule has 0 aliphatic rings. The van der Waals surface area contributed by atoms with Gasteiger partial charge in [0.25, 0.3) is 0 Å². The summed E-state index contributed by atoms with van der Waals surface area (Å²) in [6, 6.07) is 5.62. The largest absolute Gasteiger partial charge is 0.496 e. The lowest BCUT2D eigenvalue weighted by Crippen LogP contribution is -2.10. The van der Waals surface area contributed by atoms with E-state index in [1.165, 1.54) is 0 Å². The average molecular weight is 289 g/mol. The molecule has 21 heavy (non-hydrogen) atoms. The number of rotatable bonds is 6. The van der Waals surface area contributed by atoms with Gasteiger partial charge in [-0.15, -0.1) is 0 Å². The lowest BCUT2D eigenvalue weighted by Gasteiger charge is -2.08. The molecule has 1 atom stereocenters. The van der Waals surface area contributed by atoms with Gasteiger partial charge in [0.05, 0.1) is 18.0 Å². The van der Waals surface area contributed by atoms with Crippen molar-refractivity contribution < 1.29 is 19.4 Å². The maximum Gasteiger partial charge on any atom is 0.303 e. The highest BCUT2D eigenvalue weighted by Crippen LogP contribution is 2.31. The molecule has 0 aliphatic heterocycles. The number of Topliss-reactive ketones (excluding diaryl/α,β-unsaturated/α-hetero) is 1. The van der Waals surface area contributed by atoms with Crippen LogP contribution in [0.5, 0.6) is 5.75 Å². The number of aliphatic carboxylic acids is 1. The first kappa shape index (κ1) is 15.1. The number of fused-ring (bicyclic) bond motifs is 1. The molecule has 1 heterocycles. The summed E-state index contributed by atoms with van der Waals surface area (Å²) in [5.74, 6) is -0.480. The summed E-state index contributed by atoms with van der Waals surface area (Å²) in [6.45, 7) is 1.77. The zero-order valence-corrected chi connectivity index (χ0v) is 12.4. The Morgan fingerprint density at radius 3 is 2.67 bits per heavy atom. The first-order valence-corrected chi connectivity index (χ1v) is 6.81. The molecule has 5 nitrogen and oxygen atoms in total. The van der Waals surface area contributed by atoms with E-state index in [1.807, 2.05) is 29.8 Å². The maximum absolute atomic E-state index is 12.5. The normalized spacial score (nSPS) is 12.3. The van der Waals surface area contributed by atoms with Crippen LogP contribution in [0.1, 0.15) is 30.1 Å². The van der Waals surface area contributed by atoms with Gasteiger partial charge in [0.2, 0.25) is 0 Å². The van der Waals surface area contributed by atoms with E-state index in [1.54, 1.807) is 20.2 Å². The molecule has 0 amide bonds. The van der Waals surface area contributed by atoms with E-state index in [0.29, 0.717) is 11.3 Å². The van der Waals surface area contributed by atoms with Gasteiger partial charge in [-0.25, -0.2) is 0 Å². The third-order valence-corrected chi connectivity index (χ3v) is 3.55. The summed E-state index contributed by atoms with van der Waals surface area (Å²) in [5.41, 5.74) is 1.51. The van der Waals surface area contributed by atoms with Crippen LogP contribution in [0.25, 0.3) is 10.9 Å². The summed E-state index contributed by atoms with van der Waals surface area (Å²) in [7, 11) is 3.45. The fourth-order valence-electron chi connectivity index (χ4n) is 2.59. The number of hydrogen-bond donors (Lipinski definition) is 1. The van der Waals surface area contributed by atoms with E-state index in [0.717, 1.165) is 10.9 Å². The van der Waals surface area contributed by atoms with Crippen molar-refractivity contribution in [2.45, 2.75) is 19.8 Å². The summed E-state index contributed by atoms with van der Waals surface area (Å²) in [6.07, 6.45) is 1.99. The van der Waals surface area contributed by atoms with E-state index in [2.05, 4.69) is 0 Å². The van der Waals surface area contributed by atoms with Crippen LogP contribution >= 0.6 is 0 Å². The highest BCUT2D eigenvalue weighted by molar-refractivity contribution is 6.10. The number of nitrogens with zero attached hydrogens (tertiary/aromatic N) is 1. The third-order valence-electron chi connectivity index (χ3n) is 3.55. The van der Waals surface area contributed by atoms with Crippen LogP contribution in [-0.2, 0) is 11.8 Å². The molecule has 0 aliphatic carbocycles. The van der Waals surface area contributed by atoms with Gasteiger partial charge in [-0.05, 0) is 18.1 Å². The van der Waals surface area contributed by atoms with Crippen molar-refractivity contribution in [1.29, 1.82) is 0 Å². The number of carbonyl (C=O) groups excluding carboxylic acids is 1. The smallest absolute Gasteiger partial charge is 0.303 e. The maximum atomic E-state index is 12.5. The van der Waals surface area contributed by atoms with Crippen LogP contribution in [-0.4, -0.2) is 28.5 Å². The SMILES string of the molecule is COc1cccc2c1c(C(=O)CC(C)CC(=O)O)cn2C. The second-order valence-corrected chi connectivity index (χ2v) is 5.34. The van der Waals surface area contributed by atoms with Gasteiger partial charge < -0.3 is 14.4 Å². The van der Waals surface area contributed by atoms with Gasteiger partial charge in [-0.1, -0.05) is 13.0 Å². The molecule has 0 fully saturated rings. The number of benzene rings is 1. The number of ether oxygens (including phenoxy) is 1. The lowest BCUT2D eigenvalue weighted by molar-refractivity contribution is -0.137. The minimum Gasteiger partial charge on any atom is -0.496 e. The number of ketones is 1. The Morgan fingerprint density at radius 2 is 2.05 bits per heavy atom. The zero-order valence-electron chi connectivity index (χ0n) is 12.4. The fourth-order valence-corrected chi connectivity index (χ4v) is 2.59. The number of carbonyl (C=O) groups is 2. The van der Waals surface area contributed by atoms with E-state index in [9.17, 15) is 9.59 Å². The summed E-state index contributed by atoms with van der Waals surface area (Å²) in [5, 5.41) is 9.58. The van der Waals surface area contributed by atoms with Crippen molar-refractivity contribution in [1.82, 2.24) is 4.57 Å². The minimum absolute atomic E-state index is 0.00631. The topological polar surface area (TPSA) is 68.5 Å². The van der Waals surface area contributed by atoms with Gasteiger partial charge in [0, 0.05) is 31.6 Å². The van der Waals surface area contributed by atoms with Crippen molar-refractivity contribution in [3.8, 4) is 5.75 Å². The molecule has 1 aromatic carbocycles. The molecule has 0 bridgehead atoms. The number of methoxy groups -OCH3 is 1. The number of aryl methyl sites for hydroxylation is 1. The second kappa shape index (κ2) is 5.99. The molecule has 0 spiro atoms. The van der Waals surface area contributed by atoms with E-state index < -0.39 is 5.97 Å². The molecule has 1 N–H and O–H groups in total. The molecule has 2 aromatic rings. The summed E-state index contributed by atoms with van der Waals surface area (Å²) >= 11 is 0. The molecular formula is C16H19NO4. The molecule has 0 radical (unpaired) electrons. The predicted octanol–water partition coefficient (Wildman–Crippen LogP) is 2.87. The van der Waals surface area contributed by atoms with Crippen LogP contribution in [0.3, 0.4) is 0 Å². The Balaban J connectivity index is 2.37. The van der Waals surface area contributed by atoms with Gasteiger partial charge >= 0.3 is 5.97 Å². The van der Waals surface area contributed by atoms with E-state index >= 15 is 0 Å². The molecule has 1 unspecified atom stereocenters. The van der Waals surface area contributed by atoms with Gasteiger partial charge in [-0.3, -0.25) is 9.59 Å². The highest BCUT2D eigenvalue weighted by Gasteiger charge is 2.20. The van der Waals surface area contributed by atoms with Crippen molar-refractivity contribution in [2.75, 3.05) is 7.11 Å². The Morgan fingerprint density at radius 1 is 1.33 bits per heavy atom.